The maximum absolute atomic E-state index is 12.3. The van der Waals surface area contributed by atoms with Crippen LogP contribution in [-0.4, -0.2) is 49.4 Å². The summed E-state index contributed by atoms with van der Waals surface area (Å²) in [6.07, 6.45) is 2.60. The summed E-state index contributed by atoms with van der Waals surface area (Å²) in [6.45, 7) is 4.34. The van der Waals surface area contributed by atoms with Crippen LogP contribution in [0.2, 0.25) is 0 Å². The zero-order chi connectivity index (χ0) is 15.4. The number of likely N-dealkylation sites (tertiary alicyclic amines) is 1. The fourth-order valence-electron chi connectivity index (χ4n) is 3.40. The van der Waals surface area contributed by atoms with Gasteiger partial charge < -0.3 is 15.5 Å². The molecule has 2 saturated heterocycles. The fraction of sp³-hybridized carbons (Fsp3) is 0.625. The largest absolute Gasteiger partial charge is 0.351 e. The van der Waals surface area contributed by atoms with E-state index in [9.17, 15) is 9.59 Å². The first kappa shape index (κ1) is 18.2. The highest BCUT2D eigenvalue weighted by Gasteiger charge is 2.31. The Morgan fingerprint density at radius 1 is 1.26 bits per heavy atom. The van der Waals surface area contributed by atoms with Crippen LogP contribution < -0.4 is 10.6 Å². The van der Waals surface area contributed by atoms with Gasteiger partial charge in [0.05, 0.1) is 4.88 Å². The summed E-state index contributed by atoms with van der Waals surface area (Å²) in [7, 11) is 0. The smallest absolute Gasteiger partial charge is 0.261 e. The molecular weight excluding hydrogens is 334 g/mol. The van der Waals surface area contributed by atoms with Crippen LogP contribution >= 0.6 is 23.7 Å². The van der Waals surface area contributed by atoms with Gasteiger partial charge in [0.1, 0.15) is 0 Å². The summed E-state index contributed by atoms with van der Waals surface area (Å²) in [5.74, 6) is 1.55. The molecule has 0 radical (unpaired) electrons. The van der Waals surface area contributed by atoms with Crippen molar-refractivity contribution in [2.45, 2.75) is 19.3 Å². The number of carbonyl (C=O) groups excluding carboxylic acids is 2. The molecule has 2 fully saturated rings. The average Bonchev–Trinajstić information content (AvgIpc) is 3.16. The van der Waals surface area contributed by atoms with E-state index in [2.05, 4.69) is 10.6 Å². The summed E-state index contributed by atoms with van der Waals surface area (Å²) >= 11 is 1.42. The number of thiophene rings is 1. The van der Waals surface area contributed by atoms with E-state index < -0.39 is 0 Å². The Morgan fingerprint density at radius 2 is 1.96 bits per heavy atom. The first-order valence-electron chi connectivity index (χ1n) is 8.04. The van der Waals surface area contributed by atoms with Gasteiger partial charge in [-0.2, -0.15) is 0 Å². The number of hydrogen-bond acceptors (Lipinski definition) is 4. The maximum atomic E-state index is 12.3. The SMILES string of the molecule is Cl.O=C(NCCC(=O)N1CC[C@@H]2CNC[C@@H]2CC1)c1cccs1. The van der Waals surface area contributed by atoms with Crippen molar-refractivity contribution >= 4 is 35.6 Å². The van der Waals surface area contributed by atoms with E-state index in [0.29, 0.717) is 17.8 Å². The van der Waals surface area contributed by atoms with E-state index in [-0.39, 0.29) is 24.2 Å². The second kappa shape index (κ2) is 8.66. The number of nitrogens with one attached hydrogen (secondary N) is 2. The van der Waals surface area contributed by atoms with Crippen molar-refractivity contribution in [3.63, 3.8) is 0 Å². The van der Waals surface area contributed by atoms with Crippen LogP contribution in [0.15, 0.2) is 17.5 Å². The lowest BCUT2D eigenvalue weighted by atomic mass is 9.92. The van der Waals surface area contributed by atoms with Crippen LogP contribution in [0.4, 0.5) is 0 Å². The Hall–Kier alpha value is -1.11. The van der Waals surface area contributed by atoms with E-state index in [4.69, 9.17) is 0 Å². The molecule has 0 aliphatic carbocycles. The summed E-state index contributed by atoms with van der Waals surface area (Å²) in [5, 5.41) is 8.15. The van der Waals surface area contributed by atoms with Crippen LogP contribution in [0.3, 0.4) is 0 Å². The lowest BCUT2D eigenvalue weighted by Gasteiger charge is -2.21. The average molecular weight is 358 g/mol. The van der Waals surface area contributed by atoms with Gasteiger partial charge in [-0.15, -0.1) is 23.7 Å². The highest BCUT2D eigenvalue weighted by Crippen LogP contribution is 2.27. The predicted molar refractivity (Wildman–Crippen MR) is 94.2 cm³/mol. The molecule has 128 valence electrons. The van der Waals surface area contributed by atoms with Crippen LogP contribution in [0.5, 0.6) is 0 Å². The minimum Gasteiger partial charge on any atom is -0.351 e. The summed E-state index contributed by atoms with van der Waals surface area (Å²) in [4.78, 5) is 26.8. The first-order valence-corrected chi connectivity index (χ1v) is 8.92. The normalized spacial score (nSPS) is 23.6. The van der Waals surface area contributed by atoms with Gasteiger partial charge in [-0.1, -0.05) is 6.07 Å². The second-order valence-electron chi connectivity index (χ2n) is 6.12. The predicted octanol–water partition coefficient (Wildman–Crippen LogP) is 1.75. The number of amides is 2. The van der Waals surface area contributed by atoms with Crippen molar-refractivity contribution in [2.24, 2.45) is 11.8 Å². The first-order chi connectivity index (χ1) is 10.7. The number of carbonyl (C=O) groups is 2. The quantitative estimate of drug-likeness (QED) is 0.863. The molecule has 2 aliphatic rings. The number of hydrogen-bond donors (Lipinski definition) is 2. The topological polar surface area (TPSA) is 61.4 Å². The molecule has 0 bridgehead atoms. The van der Waals surface area contributed by atoms with Gasteiger partial charge >= 0.3 is 0 Å². The lowest BCUT2D eigenvalue weighted by molar-refractivity contribution is -0.131. The minimum atomic E-state index is -0.0840. The van der Waals surface area contributed by atoms with Crippen LogP contribution in [-0.2, 0) is 4.79 Å². The third-order valence-corrected chi connectivity index (χ3v) is 5.61. The van der Waals surface area contributed by atoms with Crippen molar-refractivity contribution in [3.8, 4) is 0 Å². The number of rotatable bonds is 4. The van der Waals surface area contributed by atoms with Crippen LogP contribution in [0, 0.1) is 11.8 Å². The maximum Gasteiger partial charge on any atom is 0.261 e. The van der Waals surface area contributed by atoms with Gasteiger partial charge in [-0.25, -0.2) is 0 Å². The molecule has 3 heterocycles. The Bertz CT molecular complexity index is 509. The molecule has 5 nitrogen and oxygen atoms in total. The molecule has 7 heteroatoms. The highest BCUT2D eigenvalue weighted by atomic mass is 35.5. The molecule has 0 aromatic carbocycles. The molecule has 2 aliphatic heterocycles. The fourth-order valence-corrected chi connectivity index (χ4v) is 4.04. The molecule has 3 rings (SSSR count). The van der Waals surface area contributed by atoms with Gasteiger partial charge in [-0.05, 0) is 49.2 Å². The molecule has 2 atom stereocenters. The molecule has 0 spiro atoms. The number of halogens is 1. The highest BCUT2D eigenvalue weighted by molar-refractivity contribution is 7.12. The molecule has 2 amide bonds. The van der Waals surface area contributed by atoms with E-state index in [0.717, 1.165) is 50.9 Å². The van der Waals surface area contributed by atoms with E-state index in [1.165, 1.54) is 11.3 Å². The summed E-state index contributed by atoms with van der Waals surface area (Å²) < 4.78 is 0. The van der Waals surface area contributed by atoms with Gasteiger partial charge in [0, 0.05) is 26.1 Å². The Morgan fingerprint density at radius 3 is 2.57 bits per heavy atom. The third kappa shape index (κ3) is 4.68. The third-order valence-electron chi connectivity index (χ3n) is 4.74. The Balaban J connectivity index is 0.00000192. The van der Waals surface area contributed by atoms with Crippen LogP contribution in [0.1, 0.15) is 28.9 Å². The molecule has 2 N–H and O–H groups in total. The van der Waals surface area contributed by atoms with E-state index in [1.807, 2.05) is 16.3 Å². The van der Waals surface area contributed by atoms with Gasteiger partial charge in [-0.3, -0.25) is 9.59 Å². The van der Waals surface area contributed by atoms with Crippen molar-refractivity contribution in [3.05, 3.63) is 22.4 Å². The van der Waals surface area contributed by atoms with Gasteiger partial charge in [0.2, 0.25) is 5.91 Å². The second-order valence-corrected chi connectivity index (χ2v) is 7.07. The summed E-state index contributed by atoms with van der Waals surface area (Å²) in [6, 6.07) is 3.65. The zero-order valence-electron chi connectivity index (χ0n) is 13.1. The van der Waals surface area contributed by atoms with Crippen LogP contribution in [0.25, 0.3) is 0 Å². The molecule has 1 aromatic rings. The monoisotopic (exact) mass is 357 g/mol. The molecule has 0 saturated carbocycles. The van der Waals surface area contributed by atoms with Crippen molar-refractivity contribution in [1.29, 1.82) is 0 Å². The Kier molecular flexibility index (Phi) is 6.87. The standard InChI is InChI=1S/C16H23N3O2S.ClH/c20-15(3-6-18-16(21)14-2-1-9-22-14)19-7-4-12-10-17-11-13(12)5-8-19;/h1-2,9,12-13,17H,3-8,10-11H2,(H,18,21);1H/t12-,13+;. The van der Waals surface area contributed by atoms with Gasteiger partial charge in [0.25, 0.3) is 5.91 Å². The molecule has 1 aromatic heterocycles. The molecular formula is C16H24ClN3O2S. The molecule has 0 unspecified atom stereocenters. The van der Waals surface area contributed by atoms with Crippen molar-refractivity contribution in [2.75, 3.05) is 32.7 Å². The van der Waals surface area contributed by atoms with E-state index in [1.54, 1.807) is 6.07 Å². The van der Waals surface area contributed by atoms with Crippen molar-refractivity contribution < 1.29 is 9.59 Å². The summed E-state index contributed by atoms with van der Waals surface area (Å²) in [5.41, 5.74) is 0. The minimum absolute atomic E-state index is 0. The number of nitrogens with zero attached hydrogens (tertiary/aromatic N) is 1. The molecule has 23 heavy (non-hydrogen) atoms. The van der Waals surface area contributed by atoms with Crippen molar-refractivity contribution in [1.82, 2.24) is 15.5 Å². The zero-order valence-corrected chi connectivity index (χ0v) is 14.8. The van der Waals surface area contributed by atoms with E-state index >= 15 is 0 Å². The lowest BCUT2D eigenvalue weighted by Crippen LogP contribution is -2.35. The van der Waals surface area contributed by atoms with Gasteiger partial charge in [0.15, 0.2) is 0 Å². The number of fused-ring (bicyclic) bond motifs is 1. The Labute approximate surface area is 147 Å².